The summed E-state index contributed by atoms with van der Waals surface area (Å²) < 4.78 is 0. The molecule has 3 aromatic rings. The standard InChI is InChI=1S/C23H38N2O.C9H13N3O.C9H10N2O2.C6H5NO2/c1-3-4-5-6-7-8-9-10-11-12-13-14-15-16-17-18-19-20-23(26)25(2)22-21-24;1-10-5-6-12-9(13)8-3-2-4-11-7-8;1-7(12)5-11-9(13)8-3-2-4-10-6-8;8-6(9)5-2-1-3-7-4-5/h4-5,7-8,10-11,13-14,16-17H,3,6,9,12,15,18-22,24H2,1-2H3;2-4,7,10H,5-6H2,1H3,(H,12,13);2-4,6H,5H2,1H3,(H,11,13);1-4H,(H,8,9)/b5-4-,8-7-,11-10-,14-13-,17-16-;;;. The number of aromatic carboxylic acids is 1. The topological polar surface area (TPSA) is 210 Å². The Hall–Kier alpha value is -6.38. The summed E-state index contributed by atoms with van der Waals surface area (Å²) in [5, 5.41) is 16.5. The van der Waals surface area contributed by atoms with Gasteiger partial charge in [0.15, 0.2) is 0 Å². The first kappa shape index (κ1) is 54.6. The predicted molar refractivity (Wildman–Crippen MR) is 244 cm³/mol. The molecule has 14 heteroatoms. The quantitative estimate of drug-likeness (QED) is 0.0512. The number of amides is 3. The number of carbonyl (C=O) groups excluding carboxylic acids is 4. The zero-order valence-corrected chi connectivity index (χ0v) is 36.2. The Kier molecular flexibility index (Phi) is 35.0. The van der Waals surface area contributed by atoms with Gasteiger partial charge in [0.2, 0.25) is 5.91 Å². The van der Waals surface area contributed by atoms with E-state index in [0.29, 0.717) is 37.2 Å². The van der Waals surface area contributed by atoms with E-state index in [4.69, 9.17) is 10.8 Å². The van der Waals surface area contributed by atoms with Crippen LogP contribution in [0.5, 0.6) is 0 Å². The number of hydrogen-bond acceptors (Lipinski definition) is 10. The molecular formula is C47H66N8O6. The molecule has 14 nitrogen and oxygen atoms in total. The molecule has 6 N–H and O–H groups in total. The van der Waals surface area contributed by atoms with Crippen molar-refractivity contribution in [1.82, 2.24) is 35.8 Å². The van der Waals surface area contributed by atoms with Crippen LogP contribution in [0.25, 0.3) is 0 Å². The summed E-state index contributed by atoms with van der Waals surface area (Å²) >= 11 is 0. The molecule has 0 fully saturated rings. The van der Waals surface area contributed by atoms with Crippen molar-refractivity contribution in [3.8, 4) is 0 Å². The number of carboxylic acid groups (broad SMARTS) is 1. The highest BCUT2D eigenvalue weighted by molar-refractivity contribution is 5.96. The van der Waals surface area contributed by atoms with Gasteiger partial charge in [-0.1, -0.05) is 67.7 Å². The molecule has 330 valence electrons. The van der Waals surface area contributed by atoms with Crippen LogP contribution in [0.2, 0.25) is 0 Å². The molecule has 61 heavy (non-hydrogen) atoms. The van der Waals surface area contributed by atoms with E-state index in [-0.39, 0.29) is 35.6 Å². The minimum Gasteiger partial charge on any atom is -0.478 e. The van der Waals surface area contributed by atoms with Crippen molar-refractivity contribution < 1.29 is 29.1 Å². The minimum absolute atomic E-state index is 0.0632. The van der Waals surface area contributed by atoms with E-state index in [1.807, 2.05) is 14.1 Å². The Labute approximate surface area is 362 Å². The monoisotopic (exact) mass is 839 g/mol. The second-order valence-corrected chi connectivity index (χ2v) is 13.0. The second kappa shape index (κ2) is 39.1. The molecule has 0 saturated carbocycles. The zero-order chi connectivity index (χ0) is 45.2. The average molecular weight is 839 g/mol. The highest BCUT2D eigenvalue weighted by Gasteiger charge is 2.06. The largest absolute Gasteiger partial charge is 0.478 e. The Morgan fingerprint density at radius 3 is 1.54 bits per heavy atom. The number of rotatable bonds is 23. The third-order valence-corrected chi connectivity index (χ3v) is 7.72. The van der Waals surface area contributed by atoms with Crippen LogP contribution in [0.4, 0.5) is 0 Å². The van der Waals surface area contributed by atoms with Crippen LogP contribution in [-0.2, 0) is 9.59 Å². The van der Waals surface area contributed by atoms with Crippen molar-refractivity contribution in [2.45, 2.75) is 65.2 Å². The van der Waals surface area contributed by atoms with E-state index >= 15 is 0 Å². The van der Waals surface area contributed by atoms with Crippen molar-refractivity contribution in [1.29, 1.82) is 0 Å². The first-order chi connectivity index (χ1) is 29.6. The minimum atomic E-state index is -0.942. The third kappa shape index (κ3) is 33.2. The highest BCUT2D eigenvalue weighted by Crippen LogP contribution is 2.02. The molecule has 0 radical (unpaired) electrons. The maximum absolute atomic E-state index is 11.7. The van der Waals surface area contributed by atoms with Crippen molar-refractivity contribution in [2.75, 3.05) is 46.8 Å². The van der Waals surface area contributed by atoms with Gasteiger partial charge in [-0.25, -0.2) is 4.79 Å². The van der Waals surface area contributed by atoms with E-state index < -0.39 is 5.97 Å². The number of aromatic nitrogens is 3. The number of carboxylic acids is 1. The number of ketones is 1. The zero-order valence-electron chi connectivity index (χ0n) is 36.2. The van der Waals surface area contributed by atoms with Gasteiger partial charge in [0.1, 0.15) is 5.78 Å². The number of nitrogens with one attached hydrogen (secondary N) is 3. The van der Waals surface area contributed by atoms with Gasteiger partial charge in [0.05, 0.1) is 23.2 Å². The third-order valence-electron chi connectivity index (χ3n) is 7.72. The molecule has 0 aliphatic carbocycles. The molecule has 3 amide bonds. The van der Waals surface area contributed by atoms with Crippen molar-refractivity contribution >= 4 is 29.5 Å². The lowest BCUT2D eigenvalue weighted by atomic mass is 10.2. The van der Waals surface area contributed by atoms with E-state index in [1.165, 1.54) is 31.6 Å². The number of unbranched alkanes of at least 4 members (excludes halogenated alkanes) is 1. The molecule has 0 atom stereocenters. The highest BCUT2D eigenvalue weighted by atomic mass is 16.4. The molecule has 0 saturated heterocycles. The summed E-state index contributed by atoms with van der Waals surface area (Å²) in [7, 11) is 3.65. The fraction of sp³-hybridized carbons (Fsp3) is 0.362. The lowest BCUT2D eigenvalue weighted by molar-refractivity contribution is -0.129. The Bertz CT molecular complexity index is 1770. The predicted octanol–water partition coefficient (Wildman–Crippen LogP) is 6.54. The van der Waals surface area contributed by atoms with Crippen LogP contribution in [0.15, 0.2) is 134 Å². The Balaban J connectivity index is 0.000000857. The van der Waals surface area contributed by atoms with Crippen LogP contribution in [-0.4, -0.2) is 101 Å². The number of nitrogens with zero attached hydrogens (tertiary/aromatic N) is 4. The van der Waals surface area contributed by atoms with Gasteiger partial charge in [-0.3, -0.25) is 34.1 Å². The van der Waals surface area contributed by atoms with Gasteiger partial charge < -0.3 is 31.7 Å². The van der Waals surface area contributed by atoms with Crippen molar-refractivity contribution in [3.05, 3.63) is 151 Å². The van der Waals surface area contributed by atoms with Crippen molar-refractivity contribution in [2.24, 2.45) is 5.73 Å². The van der Waals surface area contributed by atoms with Crippen LogP contribution in [0.1, 0.15) is 96.3 Å². The molecular weight excluding hydrogens is 773 g/mol. The fourth-order valence-corrected chi connectivity index (χ4v) is 4.44. The normalized spacial score (nSPS) is 10.7. The number of pyridine rings is 3. The smallest absolute Gasteiger partial charge is 0.337 e. The first-order valence-corrected chi connectivity index (χ1v) is 20.4. The fourth-order valence-electron chi connectivity index (χ4n) is 4.44. The molecule has 0 bridgehead atoms. The van der Waals surface area contributed by atoms with Gasteiger partial charge in [-0.2, -0.15) is 0 Å². The molecule has 3 rings (SSSR count). The van der Waals surface area contributed by atoms with Gasteiger partial charge in [-0.15, -0.1) is 0 Å². The number of carbonyl (C=O) groups is 5. The van der Waals surface area contributed by atoms with E-state index in [1.54, 1.807) is 53.8 Å². The molecule has 0 aliphatic rings. The Morgan fingerprint density at radius 1 is 0.689 bits per heavy atom. The summed E-state index contributed by atoms with van der Waals surface area (Å²) in [6.45, 7) is 6.20. The number of allylic oxidation sites excluding steroid dienone is 10. The van der Waals surface area contributed by atoms with E-state index in [0.717, 1.165) is 51.5 Å². The maximum atomic E-state index is 11.7. The summed E-state index contributed by atoms with van der Waals surface area (Å²) in [4.78, 5) is 68.0. The lowest BCUT2D eigenvalue weighted by Crippen LogP contribution is -2.31. The van der Waals surface area contributed by atoms with Crippen LogP contribution in [0, 0.1) is 0 Å². The summed E-state index contributed by atoms with van der Waals surface area (Å²) in [5.41, 5.74) is 6.72. The number of hydrogen-bond donors (Lipinski definition) is 5. The van der Waals surface area contributed by atoms with E-state index in [2.05, 4.69) is 98.6 Å². The molecule has 3 heterocycles. The summed E-state index contributed by atoms with van der Waals surface area (Å²) in [6, 6.07) is 9.87. The Morgan fingerprint density at radius 2 is 1.15 bits per heavy atom. The van der Waals surface area contributed by atoms with Crippen LogP contribution in [0.3, 0.4) is 0 Å². The number of Topliss-reactive ketones (excluding diaryl/α,β-unsaturated/α-hetero) is 1. The lowest BCUT2D eigenvalue weighted by Gasteiger charge is -2.15. The van der Waals surface area contributed by atoms with Crippen molar-refractivity contribution in [3.63, 3.8) is 0 Å². The number of likely N-dealkylation sites (N-methyl/N-ethyl adjacent to an activating group) is 2. The molecule has 0 aromatic carbocycles. The summed E-state index contributed by atoms with van der Waals surface area (Å²) in [6.07, 6.45) is 38.6. The average Bonchev–Trinajstić information content (AvgIpc) is 3.28. The van der Waals surface area contributed by atoms with Gasteiger partial charge in [-0.05, 0) is 95.3 Å². The second-order valence-electron chi connectivity index (χ2n) is 13.0. The van der Waals surface area contributed by atoms with Gasteiger partial charge >= 0.3 is 5.97 Å². The molecule has 3 aromatic heterocycles. The first-order valence-electron chi connectivity index (χ1n) is 20.4. The molecule has 0 aliphatic heterocycles. The maximum Gasteiger partial charge on any atom is 0.337 e. The number of nitrogens with two attached hydrogens (primary N) is 1. The van der Waals surface area contributed by atoms with E-state index in [9.17, 15) is 24.0 Å². The van der Waals surface area contributed by atoms with Gasteiger partial charge in [0.25, 0.3) is 11.8 Å². The van der Waals surface area contributed by atoms with Gasteiger partial charge in [0, 0.05) is 76.8 Å². The van der Waals surface area contributed by atoms with Crippen LogP contribution >= 0.6 is 0 Å². The molecule has 0 unspecified atom stereocenters. The SMILES string of the molecule is CC(=O)CNC(=O)c1cccnc1.CC/C=C\C/C=C\C/C=C\C/C=C\C/C=C\CCCC(=O)N(C)CCN.CNCCNC(=O)c1cccnc1.O=C(O)c1cccnc1. The molecule has 0 spiro atoms. The van der Waals surface area contributed by atoms with Crippen LogP contribution < -0.4 is 21.7 Å². The summed E-state index contributed by atoms with van der Waals surface area (Å²) in [5.74, 6) is -1.19.